The molecule has 1 aliphatic carbocycles. The molecule has 0 bridgehead atoms. The molecule has 5 heteroatoms. The summed E-state index contributed by atoms with van der Waals surface area (Å²) in [6.07, 6.45) is 3.47. The lowest BCUT2D eigenvalue weighted by molar-refractivity contribution is 0.377. The van der Waals surface area contributed by atoms with Gasteiger partial charge in [-0.1, -0.05) is 12.1 Å². The van der Waals surface area contributed by atoms with Crippen LogP contribution in [0.2, 0.25) is 0 Å². The summed E-state index contributed by atoms with van der Waals surface area (Å²) in [4.78, 5) is 6.75. The van der Waals surface area contributed by atoms with Crippen LogP contribution in [0.5, 0.6) is 0 Å². The molecule has 1 saturated carbocycles. The second kappa shape index (κ2) is 4.88. The molecule has 0 N–H and O–H groups in total. The molecule has 2 heterocycles. The molecule has 2 aromatic rings. The first-order valence-electron chi connectivity index (χ1n) is 7.44. The lowest BCUT2D eigenvalue weighted by atomic mass is 10.1. The summed E-state index contributed by atoms with van der Waals surface area (Å²) in [5, 5.41) is 12.9. The van der Waals surface area contributed by atoms with Crippen molar-refractivity contribution < 1.29 is 4.52 Å². The Labute approximate surface area is 123 Å². The molecule has 5 nitrogen and oxygen atoms in total. The molecule has 2 fully saturated rings. The molecule has 2 aliphatic rings. The maximum Gasteiger partial charge on any atom is 0.266 e. The normalized spacial score (nSPS) is 24.0. The van der Waals surface area contributed by atoms with Gasteiger partial charge in [-0.3, -0.25) is 0 Å². The molecule has 2 atom stereocenters. The topological polar surface area (TPSA) is 66.0 Å². The maximum absolute atomic E-state index is 8.83. The van der Waals surface area contributed by atoms with Crippen molar-refractivity contribution in [1.82, 2.24) is 10.1 Å². The molecule has 106 valence electrons. The number of hydrogen-bond acceptors (Lipinski definition) is 5. The third-order valence-electron chi connectivity index (χ3n) is 4.40. The van der Waals surface area contributed by atoms with Crippen LogP contribution in [0, 0.1) is 11.3 Å². The smallest absolute Gasteiger partial charge is 0.266 e. The van der Waals surface area contributed by atoms with Gasteiger partial charge in [0, 0.05) is 19.0 Å². The Morgan fingerprint density at radius 2 is 1.90 bits per heavy atom. The molecule has 0 spiro atoms. The molecule has 4 rings (SSSR count). The third-order valence-corrected chi connectivity index (χ3v) is 4.40. The minimum atomic E-state index is 0.335. The van der Waals surface area contributed by atoms with Crippen LogP contribution in [0.1, 0.15) is 48.1 Å². The van der Waals surface area contributed by atoms with Crippen molar-refractivity contribution in [3.63, 3.8) is 0 Å². The Hall–Kier alpha value is -2.35. The van der Waals surface area contributed by atoms with Crippen LogP contribution in [0.15, 0.2) is 28.8 Å². The molecule has 1 aromatic heterocycles. The van der Waals surface area contributed by atoms with E-state index in [1.807, 2.05) is 24.3 Å². The van der Waals surface area contributed by atoms with Crippen LogP contribution in [0.4, 0.5) is 5.95 Å². The second-order valence-electron chi connectivity index (χ2n) is 5.81. The zero-order valence-corrected chi connectivity index (χ0v) is 11.7. The van der Waals surface area contributed by atoms with Crippen molar-refractivity contribution in [3.05, 3.63) is 41.3 Å². The summed E-state index contributed by atoms with van der Waals surface area (Å²) in [5.41, 5.74) is 1.95. The van der Waals surface area contributed by atoms with E-state index >= 15 is 0 Å². The average Bonchev–Trinajstić information content (AvgIpc) is 2.95. The summed E-state index contributed by atoms with van der Waals surface area (Å²) in [6, 6.07) is 9.94. The highest BCUT2D eigenvalue weighted by Crippen LogP contribution is 2.54. The van der Waals surface area contributed by atoms with Crippen LogP contribution in [-0.4, -0.2) is 23.2 Å². The SMILES string of the molecule is N#Cc1ccc([C@@H]2C[C@H]2c2nc(N3CCCC3)no2)cc1. The fourth-order valence-electron chi connectivity index (χ4n) is 3.06. The summed E-state index contributed by atoms with van der Waals surface area (Å²) in [5.74, 6) is 2.28. The summed E-state index contributed by atoms with van der Waals surface area (Å²) in [6.45, 7) is 2.06. The summed E-state index contributed by atoms with van der Waals surface area (Å²) in [7, 11) is 0. The van der Waals surface area contributed by atoms with Gasteiger partial charge in [0.2, 0.25) is 5.89 Å². The van der Waals surface area contributed by atoms with Gasteiger partial charge in [-0.2, -0.15) is 10.2 Å². The molecule has 1 aromatic carbocycles. The highest BCUT2D eigenvalue weighted by molar-refractivity contribution is 5.38. The van der Waals surface area contributed by atoms with Crippen molar-refractivity contribution >= 4 is 5.95 Å². The van der Waals surface area contributed by atoms with Crippen molar-refractivity contribution in [1.29, 1.82) is 5.26 Å². The monoisotopic (exact) mass is 280 g/mol. The number of hydrogen-bond donors (Lipinski definition) is 0. The van der Waals surface area contributed by atoms with Gasteiger partial charge < -0.3 is 9.42 Å². The standard InChI is InChI=1S/C16H16N4O/c17-10-11-3-5-12(6-4-11)13-9-14(13)15-18-16(19-21-15)20-7-1-2-8-20/h3-6,13-14H,1-2,7-9H2/t13-,14+/m0/s1. The van der Waals surface area contributed by atoms with E-state index in [4.69, 9.17) is 9.78 Å². The van der Waals surface area contributed by atoms with Crippen molar-refractivity contribution in [2.45, 2.75) is 31.1 Å². The van der Waals surface area contributed by atoms with Crippen molar-refractivity contribution in [3.8, 4) is 6.07 Å². The highest BCUT2D eigenvalue weighted by atomic mass is 16.5. The molecular formula is C16H16N4O. The lowest BCUT2D eigenvalue weighted by Crippen LogP contribution is -2.18. The largest absolute Gasteiger partial charge is 0.338 e. The van der Waals surface area contributed by atoms with Gasteiger partial charge in [0.1, 0.15) is 0 Å². The van der Waals surface area contributed by atoms with E-state index in [-0.39, 0.29) is 0 Å². The Bertz CT molecular complexity index is 679. The summed E-state index contributed by atoms with van der Waals surface area (Å²) < 4.78 is 5.44. The number of nitrogens with zero attached hydrogens (tertiary/aromatic N) is 4. The van der Waals surface area contributed by atoms with Gasteiger partial charge >= 0.3 is 0 Å². The van der Waals surface area contributed by atoms with Crippen LogP contribution < -0.4 is 4.90 Å². The molecular weight excluding hydrogens is 264 g/mol. The molecule has 0 unspecified atom stereocenters. The minimum Gasteiger partial charge on any atom is -0.338 e. The third kappa shape index (κ3) is 2.27. The minimum absolute atomic E-state index is 0.335. The molecule has 1 aliphatic heterocycles. The number of nitriles is 1. The fourth-order valence-corrected chi connectivity index (χ4v) is 3.06. The van der Waals surface area contributed by atoms with Crippen molar-refractivity contribution in [2.24, 2.45) is 0 Å². The average molecular weight is 280 g/mol. The predicted molar refractivity (Wildman–Crippen MR) is 77.0 cm³/mol. The molecule has 0 radical (unpaired) electrons. The van der Waals surface area contributed by atoms with Crippen LogP contribution in [0.25, 0.3) is 0 Å². The second-order valence-corrected chi connectivity index (χ2v) is 5.81. The van der Waals surface area contributed by atoms with E-state index in [2.05, 4.69) is 21.1 Å². The zero-order chi connectivity index (χ0) is 14.2. The predicted octanol–water partition coefficient (Wildman–Crippen LogP) is 2.81. The number of anilines is 1. The zero-order valence-electron chi connectivity index (χ0n) is 11.7. The van der Waals surface area contributed by atoms with E-state index in [1.165, 1.54) is 18.4 Å². The van der Waals surface area contributed by atoms with Crippen LogP contribution in [-0.2, 0) is 0 Å². The van der Waals surface area contributed by atoms with Gasteiger partial charge in [0.25, 0.3) is 5.95 Å². The first-order valence-corrected chi connectivity index (χ1v) is 7.44. The first kappa shape index (κ1) is 12.4. The summed E-state index contributed by atoms with van der Waals surface area (Å²) >= 11 is 0. The highest BCUT2D eigenvalue weighted by Gasteiger charge is 2.44. The number of aromatic nitrogens is 2. The van der Waals surface area contributed by atoms with Crippen LogP contribution >= 0.6 is 0 Å². The van der Waals surface area contributed by atoms with E-state index in [0.29, 0.717) is 17.4 Å². The molecule has 1 saturated heterocycles. The van der Waals surface area contributed by atoms with Gasteiger partial charge in [-0.15, -0.1) is 0 Å². The number of rotatable bonds is 3. The van der Waals surface area contributed by atoms with Gasteiger partial charge in [-0.25, -0.2) is 0 Å². The molecule has 0 amide bonds. The number of benzene rings is 1. The Morgan fingerprint density at radius 3 is 2.62 bits per heavy atom. The molecule has 21 heavy (non-hydrogen) atoms. The Balaban J connectivity index is 1.47. The van der Waals surface area contributed by atoms with E-state index in [0.717, 1.165) is 31.3 Å². The van der Waals surface area contributed by atoms with Crippen LogP contribution in [0.3, 0.4) is 0 Å². The maximum atomic E-state index is 8.83. The first-order chi connectivity index (χ1) is 10.3. The van der Waals surface area contributed by atoms with Gasteiger partial charge in [0.15, 0.2) is 0 Å². The van der Waals surface area contributed by atoms with E-state index in [9.17, 15) is 0 Å². The fraction of sp³-hybridized carbons (Fsp3) is 0.438. The van der Waals surface area contributed by atoms with E-state index < -0.39 is 0 Å². The van der Waals surface area contributed by atoms with E-state index in [1.54, 1.807) is 0 Å². The lowest BCUT2D eigenvalue weighted by Gasteiger charge is -2.09. The van der Waals surface area contributed by atoms with Gasteiger partial charge in [-0.05, 0) is 48.0 Å². The quantitative estimate of drug-likeness (QED) is 0.865. The van der Waals surface area contributed by atoms with Gasteiger partial charge in [0.05, 0.1) is 11.6 Å². The Kier molecular flexibility index (Phi) is 2.88. The Morgan fingerprint density at radius 1 is 1.14 bits per heavy atom. The van der Waals surface area contributed by atoms with Crippen molar-refractivity contribution in [2.75, 3.05) is 18.0 Å².